The largest absolute Gasteiger partial charge is 0.491 e. The Balaban J connectivity index is 3.07. The Kier molecular flexibility index (Phi) is 3.59. The first-order valence-electron chi connectivity index (χ1n) is 3.99. The fourth-order valence-electron chi connectivity index (χ4n) is 1.06. The summed E-state index contributed by atoms with van der Waals surface area (Å²) in [6.45, 7) is -0.171. The SMILES string of the molecule is COc1c(F)cc(C=CCO)cc1F. The Morgan fingerprint density at radius 2 is 1.93 bits per heavy atom. The van der Waals surface area contributed by atoms with Crippen molar-refractivity contribution in [1.82, 2.24) is 0 Å². The summed E-state index contributed by atoms with van der Waals surface area (Å²) in [4.78, 5) is 0. The summed E-state index contributed by atoms with van der Waals surface area (Å²) in [5, 5.41) is 8.47. The van der Waals surface area contributed by atoms with Gasteiger partial charge >= 0.3 is 0 Å². The number of halogens is 2. The maximum absolute atomic E-state index is 13.1. The van der Waals surface area contributed by atoms with Crippen molar-refractivity contribution >= 4 is 6.08 Å². The topological polar surface area (TPSA) is 29.5 Å². The molecule has 0 spiro atoms. The molecule has 1 N–H and O–H groups in total. The van der Waals surface area contributed by atoms with Crippen molar-refractivity contribution in [3.05, 3.63) is 35.4 Å². The van der Waals surface area contributed by atoms with Crippen molar-refractivity contribution in [1.29, 1.82) is 0 Å². The van der Waals surface area contributed by atoms with Gasteiger partial charge in [-0.25, -0.2) is 8.78 Å². The molecule has 76 valence electrons. The Morgan fingerprint density at radius 3 is 2.36 bits per heavy atom. The van der Waals surface area contributed by atoms with E-state index in [9.17, 15) is 8.78 Å². The highest BCUT2D eigenvalue weighted by molar-refractivity contribution is 5.51. The van der Waals surface area contributed by atoms with Gasteiger partial charge in [0, 0.05) is 0 Å². The fraction of sp³-hybridized carbons (Fsp3) is 0.200. The molecule has 1 aromatic rings. The van der Waals surface area contributed by atoms with Crippen LogP contribution in [0.2, 0.25) is 0 Å². The molecular formula is C10H10F2O2. The van der Waals surface area contributed by atoms with Crippen LogP contribution in [0.15, 0.2) is 18.2 Å². The number of methoxy groups -OCH3 is 1. The van der Waals surface area contributed by atoms with Crippen molar-refractivity contribution in [3.63, 3.8) is 0 Å². The van der Waals surface area contributed by atoms with Gasteiger partial charge in [0.05, 0.1) is 13.7 Å². The zero-order chi connectivity index (χ0) is 10.6. The highest BCUT2D eigenvalue weighted by Gasteiger charge is 2.09. The van der Waals surface area contributed by atoms with Crippen molar-refractivity contribution in [2.45, 2.75) is 0 Å². The van der Waals surface area contributed by atoms with E-state index in [0.29, 0.717) is 5.56 Å². The summed E-state index contributed by atoms with van der Waals surface area (Å²) < 4.78 is 30.7. The average Bonchev–Trinajstić information content (AvgIpc) is 2.14. The van der Waals surface area contributed by atoms with Crippen LogP contribution in [0, 0.1) is 11.6 Å². The van der Waals surface area contributed by atoms with E-state index in [-0.39, 0.29) is 6.61 Å². The van der Waals surface area contributed by atoms with Gasteiger partial charge in [-0.15, -0.1) is 0 Å². The zero-order valence-corrected chi connectivity index (χ0v) is 7.63. The van der Waals surface area contributed by atoms with Gasteiger partial charge in [-0.05, 0) is 17.7 Å². The second kappa shape index (κ2) is 4.72. The van der Waals surface area contributed by atoms with Crippen LogP contribution < -0.4 is 4.74 Å². The molecule has 0 bridgehead atoms. The van der Waals surface area contributed by atoms with Gasteiger partial charge in [0.15, 0.2) is 17.4 Å². The molecule has 0 aliphatic rings. The van der Waals surface area contributed by atoms with E-state index in [1.54, 1.807) is 0 Å². The van der Waals surface area contributed by atoms with Gasteiger partial charge in [0.2, 0.25) is 0 Å². The third kappa shape index (κ3) is 2.29. The van der Waals surface area contributed by atoms with Gasteiger partial charge in [-0.3, -0.25) is 0 Å². The van der Waals surface area contributed by atoms with Crippen molar-refractivity contribution in [3.8, 4) is 5.75 Å². The van der Waals surface area contributed by atoms with Gasteiger partial charge < -0.3 is 9.84 Å². The predicted octanol–water partition coefficient (Wildman–Crippen LogP) is 1.98. The third-order valence-electron chi connectivity index (χ3n) is 1.64. The quantitative estimate of drug-likeness (QED) is 0.808. The summed E-state index contributed by atoms with van der Waals surface area (Å²) in [5.41, 5.74) is 0.342. The molecule has 4 heteroatoms. The van der Waals surface area contributed by atoms with E-state index in [1.807, 2.05) is 0 Å². The molecule has 1 aromatic carbocycles. The summed E-state index contributed by atoms with van der Waals surface area (Å²) in [6, 6.07) is 2.27. The van der Waals surface area contributed by atoms with Crippen LogP contribution in [0.4, 0.5) is 8.78 Å². The lowest BCUT2D eigenvalue weighted by molar-refractivity contribution is 0.343. The summed E-state index contributed by atoms with van der Waals surface area (Å²) in [6.07, 6.45) is 2.81. The van der Waals surface area contributed by atoms with E-state index in [4.69, 9.17) is 5.11 Å². The maximum Gasteiger partial charge on any atom is 0.190 e. The summed E-state index contributed by atoms with van der Waals surface area (Å²) in [7, 11) is 1.20. The number of aliphatic hydroxyl groups excluding tert-OH is 1. The molecule has 0 unspecified atom stereocenters. The number of ether oxygens (including phenoxy) is 1. The molecule has 0 aromatic heterocycles. The third-order valence-corrected chi connectivity index (χ3v) is 1.64. The standard InChI is InChI=1S/C10H10F2O2/c1-14-10-8(11)5-7(3-2-4-13)6-9(10)12/h2-3,5-6,13H,4H2,1H3. The maximum atomic E-state index is 13.1. The molecule has 0 amide bonds. The molecule has 0 aliphatic carbocycles. The van der Waals surface area contributed by atoms with Crippen LogP contribution >= 0.6 is 0 Å². The first-order chi connectivity index (χ1) is 6.69. The lowest BCUT2D eigenvalue weighted by Gasteiger charge is -2.03. The molecule has 0 saturated heterocycles. The molecule has 1 rings (SSSR count). The molecule has 0 aliphatic heterocycles. The number of hydrogen-bond donors (Lipinski definition) is 1. The Hall–Kier alpha value is -1.42. The zero-order valence-electron chi connectivity index (χ0n) is 7.63. The normalized spacial score (nSPS) is 10.9. The summed E-state index contributed by atoms with van der Waals surface area (Å²) >= 11 is 0. The fourth-order valence-corrected chi connectivity index (χ4v) is 1.06. The molecule has 0 radical (unpaired) electrons. The minimum atomic E-state index is -0.759. The van der Waals surface area contributed by atoms with Crippen molar-refractivity contribution in [2.24, 2.45) is 0 Å². The van der Waals surface area contributed by atoms with E-state index < -0.39 is 17.4 Å². The highest BCUT2D eigenvalue weighted by atomic mass is 19.1. The second-order valence-electron chi connectivity index (χ2n) is 2.60. The van der Waals surface area contributed by atoms with E-state index in [0.717, 1.165) is 12.1 Å². The van der Waals surface area contributed by atoms with E-state index in [1.165, 1.54) is 19.3 Å². The van der Waals surface area contributed by atoms with Gasteiger partial charge in [-0.2, -0.15) is 0 Å². The first kappa shape index (κ1) is 10.7. The van der Waals surface area contributed by atoms with Crippen LogP contribution in [-0.2, 0) is 0 Å². The number of rotatable bonds is 3. The predicted molar refractivity (Wildman–Crippen MR) is 49.0 cm³/mol. The molecule has 0 saturated carbocycles. The number of benzene rings is 1. The van der Waals surface area contributed by atoms with Gasteiger partial charge in [0.1, 0.15) is 0 Å². The molecule has 0 heterocycles. The molecule has 0 atom stereocenters. The molecule has 14 heavy (non-hydrogen) atoms. The number of hydrogen-bond acceptors (Lipinski definition) is 2. The lowest BCUT2D eigenvalue weighted by Crippen LogP contribution is -1.93. The van der Waals surface area contributed by atoms with E-state index >= 15 is 0 Å². The lowest BCUT2D eigenvalue weighted by atomic mass is 10.2. The molecular weight excluding hydrogens is 190 g/mol. The van der Waals surface area contributed by atoms with Crippen LogP contribution in [0.3, 0.4) is 0 Å². The molecule has 0 fully saturated rings. The van der Waals surface area contributed by atoms with Crippen LogP contribution in [0.1, 0.15) is 5.56 Å². The average molecular weight is 200 g/mol. The Labute approximate surface area is 80.4 Å². The first-order valence-corrected chi connectivity index (χ1v) is 3.99. The van der Waals surface area contributed by atoms with Crippen LogP contribution in [0.25, 0.3) is 6.08 Å². The summed E-state index contributed by atoms with van der Waals surface area (Å²) in [5.74, 6) is -1.92. The number of aliphatic hydroxyl groups is 1. The van der Waals surface area contributed by atoms with Crippen LogP contribution in [-0.4, -0.2) is 18.8 Å². The monoisotopic (exact) mass is 200 g/mol. The van der Waals surface area contributed by atoms with E-state index in [2.05, 4.69) is 4.74 Å². The second-order valence-corrected chi connectivity index (χ2v) is 2.60. The molecule has 2 nitrogen and oxygen atoms in total. The minimum Gasteiger partial charge on any atom is -0.491 e. The smallest absolute Gasteiger partial charge is 0.190 e. The van der Waals surface area contributed by atoms with Crippen molar-refractivity contribution < 1.29 is 18.6 Å². The van der Waals surface area contributed by atoms with Crippen molar-refractivity contribution in [2.75, 3.05) is 13.7 Å². The Bertz CT molecular complexity index is 325. The van der Waals surface area contributed by atoms with Crippen LogP contribution in [0.5, 0.6) is 5.75 Å². The van der Waals surface area contributed by atoms with Gasteiger partial charge in [-0.1, -0.05) is 12.2 Å². The highest BCUT2D eigenvalue weighted by Crippen LogP contribution is 2.23. The Morgan fingerprint density at radius 1 is 1.36 bits per heavy atom. The minimum absolute atomic E-state index is 0.171. The van der Waals surface area contributed by atoms with Gasteiger partial charge in [0.25, 0.3) is 0 Å².